The van der Waals surface area contributed by atoms with E-state index in [1.54, 1.807) is 37.3 Å². The molecule has 224 valence electrons. The number of aryl methyl sites for hydroxylation is 1. The number of sulfone groups is 1. The van der Waals surface area contributed by atoms with Gasteiger partial charge in [0.15, 0.2) is 5.03 Å². The average molecular weight is 658 g/mol. The number of pyridine rings is 2. The van der Waals surface area contributed by atoms with E-state index in [4.69, 9.17) is 16.3 Å². The molecule has 0 amide bonds. The van der Waals surface area contributed by atoms with Gasteiger partial charge < -0.3 is 9.84 Å². The van der Waals surface area contributed by atoms with Gasteiger partial charge in [0.1, 0.15) is 24.3 Å². The number of fused-ring (bicyclic) bond motifs is 2. The number of halogens is 1. The lowest BCUT2D eigenvalue weighted by Gasteiger charge is -2.16. The molecule has 6 rings (SSSR count). The van der Waals surface area contributed by atoms with Crippen LogP contribution in [0.25, 0.3) is 32.2 Å². The number of carboxylic acid groups (broad SMARTS) is 1. The Bertz CT molecular complexity index is 2370. The van der Waals surface area contributed by atoms with Crippen LogP contribution in [0.5, 0.6) is 5.75 Å². The molecule has 0 bridgehead atoms. The Balaban J connectivity index is 1.36. The summed E-state index contributed by atoms with van der Waals surface area (Å²) in [5.41, 5.74) is 0.989. The Kier molecular flexibility index (Phi) is 7.80. The molecule has 0 radical (unpaired) electrons. The van der Waals surface area contributed by atoms with Crippen LogP contribution in [0.1, 0.15) is 21.7 Å². The van der Waals surface area contributed by atoms with Crippen molar-refractivity contribution in [3.8, 4) is 22.9 Å². The normalized spacial score (nSPS) is 11.5. The van der Waals surface area contributed by atoms with Gasteiger partial charge in [0, 0.05) is 33.9 Å². The third-order valence-electron chi connectivity index (χ3n) is 7.08. The zero-order chi connectivity index (χ0) is 31.9. The number of carbonyl (C=O) groups is 1. The van der Waals surface area contributed by atoms with Crippen LogP contribution in [0, 0.1) is 18.3 Å². The van der Waals surface area contributed by atoms with E-state index in [0.717, 1.165) is 0 Å². The van der Waals surface area contributed by atoms with Gasteiger partial charge in [-0.1, -0.05) is 17.7 Å². The molecule has 6 aromatic rings. The average Bonchev–Trinajstić information content (AvgIpc) is 3.48. The van der Waals surface area contributed by atoms with Crippen LogP contribution in [0.15, 0.2) is 87.1 Å². The first-order valence-corrected chi connectivity index (χ1v) is 16.0. The van der Waals surface area contributed by atoms with Crippen molar-refractivity contribution >= 4 is 59.9 Å². The summed E-state index contributed by atoms with van der Waals surface area (Å²) in [6.45, 7) is 1.64. The van der Waals surface area contributed by atoms with Crippen molar-refractivity contribution in [3.05, 3.63) is 105 Å². The van der Waals surface area contributed by atoms with Crippen molar-refractivity contribution in [2.75, 3.05) is 6.61 Å². The number of aromatic carboxylic acids is 1. The molecule has 0 atom stereocenters. The van der Waals surface area contributed by atoms with Gasteiger partial charge in [-0.05, 0) is 55.5 Å². The fourth-order valence-electron chi connectivity index (χ4n) is 5.00. The highest BCUT2D eigenvalue weighted by Crippen LogP contribution is 2.39. The van der Waals surface area contributed by atoms with Crippen molar-refractivity contribution in [2.24, 2.45) is 0 Å². The van der Waals surface area contributed by atoms with E-state index in [0.29, 0.717) is 37.9 Å². The SMILES string of the molecule is Cc1nc2ccc(S(=O)(=O)c3ccccn3)c(C#N)c2c(=O)n1CCOc1ccc(Cl)cc1-c1ccnc2c(C(=O)O)csc12. The summed E-state index contributed by atoms with van der Waals surface area (Å²) in [6, 6.07) is 15.7. The predicted molar refractivity (Wildman–Crippen MR) is 168 cm³/mol. The highest BCUT2D eigenvalue weighted by Gasteiger charge is 2.26. The first-order chi connectivity index (χ1) is 21.6. The minimum atomic E-state index is -4.20. The van der Waals surface area contributed by atoms with Crippen molar-refractivity contribution in [3.63, 3.8) is 0 Å². The fraction of sp³-hybridized carbons (Fsp3) is 0.0968. The van der Waals surface area contributed by atoms with Crippen LogP contribution in [-0.4, -0.2) is 45.6 Å². The Morgan fingerprint density at radius 3 is 2.67 bits per heavy atom. The summed E-state index contributed by atoms with van der Waals surface area (Å²) in [5.74, 6) is -0.315. The third kappa shape index (κ3) is 5.29. The first-order valence-electron chi connectivity index (χ1n) is 13.2. The second-order valence-corrected chi connectivity index (χ2v) is 12.9. The Labute approximate surface area is 264 Å². The number of nitrogens with zero attached hydrogens (tertiary/aromatic N) is 5. The molecule has 14 heteroatoms. The molecule has 45 heavy (non-hydrogen) atoms. The van der Waals surface area contributed by atoms with E-state index in [1.807, 2.05) is 6.07 Å². The first kappa shape index (κ1) is 29.9. The quantitative estimate of drug-likeness (QED) is 0.220. The Morgan fingerprint density at radius 1 is 1.11 bits per heavy atom. The number of thiophene rings is 1. The third-order valence-corrected chi connectivity index (χ3v) is 10.0. The minimum Gasteiger partial charge on any atom is -0.491 e. The van der Waals surface area contributed by atoms with Gasteiger partial charge in [0.2, 0.25) is 9.84 Å². The fourth-order valence-corrected chi connectivity index (χ4v) is 7.54. The second-order valence-electron chi connectivity index (χ2n) is 9.71. The van der Waals surface area contributed by atoms with Gasteiger partial charge >= 0.3 is 5.97 Å². The predicted octanol–water partition coefficient (Wildman–Crippen LogP) is 5.51. The molecular weight excluding hydrogens is 638 g/mol. The van der Waals surface area contributed by atoms with E-state index in [1.165, 1.54) is 57.9 Å². The highest BCUT2D eigenvalue weighted by molar-refractivity contribution is 7.91. The van der Waals surface area contributed by atoms with Gasteiger partial charge in [-0.15, -0.1) is 11.3 Å². The molecule has 4 heterocycles. The van der Waals surface area contributed by atoms with Crippen LogP contribution >= 0.6 is 22.9 Å². The number of carboxylic acids is 1. The van der Waals surface area contributed by atoms with Crippen LogP contribution in [0.2, 0.25) is 5.02 Å². The molecule has 0 saturated carbocycles. The summed E-state index contributed by atoms with van der Waals surface area (Å²) in [5, 5.41) is 21.2. The lowest BCUT2D eigenvalue weighted by molar-refractivity contribution is 0.0699. The molecule has 1 N–H and O–H groups in total. The molecule has 0 aliphatic carbocycles. The molecule has 0 aliphatic heterocycles. The number of hydrogen-bond donors (Lipinski definition) is 1. The maximum Gasteiger partial charge on any atom is 0.338 e. The molecule has 0 fully saturated rings. The van der Waals surface area contributed by atoms with Crippen molar-refractivity contribution in [1.29, 1.82) is 5.26 Å². The van der Waals surface area contributed by atoms with Gasteiger partial charge in [0.25, 0.3) is 5.56 Å². The standard InChI is InChI=1S/C31H20ClN5O6S2/c1-17-36-23-6-8-25(45(41,42)26-4-2-3-10-34-26)21(15-33)27(23)30(38)37(17)12-13-43-24-7-5-18(32)14-20(24)19-9-11-35-28-22(31(39)40)16-44-29(19)28/h2-11,14,16H,12-13H2,1H3,(H,39,40). The van der Waals surface area contributed by atoms with Gasteiger partial charge in [0.05, 0.1) is 43.7 Å². The molecule has 0 spiro atoms. The van der Waals surface area contributed by atoms with Crippen LogP contribution < -0.4 is 10.3 Å². The molecule has 0 unspecified atom stereocenters. The van der Waals surface area contributed by atoms with E-state index in [9.17, 15) is 28.4 Å². The van der Waals surface area contributed by atoms with Crippen molar-refractivity contribution in [2.45, 2.75) is 23.4 Å². The molecule has 2 aromatic carbocycles. The number of hydrogen-bond acceptors (Lipinski definition) is 10. The lowest BCUT2D eigenvalue weighted by Crippen LogP contribution is -2.27. The van der Waals surface area contributed by atoms with E-state index in [2.05, 4.69) is 15.0 Å². The maximum atomic E-state index is 13.8. The lowest BCUT2D eigenvalue weighted by atomic mass is 10.0. The smallest absolute Gasteiger partial charge is 0.338 e. The number of ether oxygens (including phenoxy) is 1. The van der Waals surface area contributed by atoms with Crippen molar-refractivity contribution in [1.82, 2.24) is 19.5 Å². The topological polar surface area (TPSA) is 165 Å². The number of rotatable bonds is 8. The maximum absolute atomic E-state index is 13.8. The summed E-state index contributed by atoms with van der Waals surface area (Å²) >= 11 is 7.56. The highest BCUT2D eigenvalue weighted by atomic mass is 35.5. The summed E-state index contributed by atoms with van der Waals surface area (Å²) in [4.78, 5) is 37.7. The zero-order valence-corrected chi connectivity index (χ0v) is 25.7. The largest absolute Gasteiger partial charge is 0.491 e. The Morgan fingerprint density at radius 2 is 1.93 bits per heavy atom. The number of benzene rings is 2. The molecule has 0 aliphatic rings. The minimum absolute atomic E-state index is 0.00454. The van der Waals surface area contributed by atoms with E-state index < -0.39 is 21.4 Å². The summed E-state index contributed by atoms with van der Waals surface area (Å²) < 4.78 is 34.8. The van der Waals surface area contributed by atoms with Crippen LogP contribution in [0.3, 0.4) is 0 Å². The van der Waals surface area contributed by atoms with Gasteiger partial charge in [-0.3, -0.25) is 14.3 Å². The molecule has 11 nitrogen and oxygen atoms in total. The number of aromatic nitrogens is 4. The zero-order valence-electron chi connectivity index (χ0n) is 23.3. The van der Waals surface area contributed by atoms with E-state index >= 15 is 0 Å². The van der Waals surface area contributed by atoms with Crippen LogP contribution in [0.4, 0.5) is 0 Å². The van der Waals surface area contributed by atoms with Crippen LogP contribution in [-0.2, 0) is 16.4 Å². The van der Waals surface area contributed by atoms with E-state index in [-0.39, 0.29) is 45.1 Å². The van der Waals surface area contributed by atoms with Gasteiger partial charge in [-0.2, -0.15) is 5.26 Å². The molecular formula is C31H20ClN5O6S2. The summed E-state index contributed by atoms with van der Waals surface area (Å²) in [6.07, 6.45) is 2.84. The number of nitriles is 1. The summed E-state index contributed by atoms with van der Waals surface area (Å²) in [7, 11) is -4.20. The molecule has 4 aromatic heterocycles. The van der Waals surface area contributed by atoms with Gasteiger partial charge in [-0.25, -0.2) is 23.2 Å². The monoisotopic (exact) mass is 657 g/mol. The van der Waals surface area contributed by atoms with Crippen molar-refractivity contribution < 1.29 is 23.1 Å². The molecule has 0 saturated heterocycles. The Hall–Kier alpha value is -5.16. The second kappa shape index (κ2) is 11.7.